The third kappa shape index (κ3) is 3.41. The Hall–Kier alpha value is -2.89. The Balaban J connectivity index is 2.16. The highest BCUT2D eigenvalue weighted by molar-refractivity contribution is 5.93. The molecule has 22 heavy (non-hydrogen) atoms. The lowest BCUT2D eigenvalue weighted by Gasteiger charge is -2.10. The molecule has 0 unspecified atom stereocenters. The Morgan fingerprint density at radius 1 is 1.23 bits per heavy atom. The monoisotopic (exact) mass is 300 g/mol. The topological polar surface area (TPSA) is 81.5 Å². The Kier molecular flexibility index (Phi) is 4.73. The summed E-state index contributed by atoms with van der Waals surface area (Å²) in [6.45, 7) is 1.61. The first-order valence-electron chi connectivity index (χ1n) is 6.68. The highest BCUT2D eigenvalue weighted by Gasteiger charge is 2.15. The van der Waals surface area contributed by atoms with Crippen molar-refractivity contribution in [3.63, 3.8) is 0 Å². The van der Waals surface area contributed by atoms with Crippen LogP contribution in [0.25, 0.3) is 0 Å². The summed E-state index contributed by atoms with van der Waals surface area (Å²) in [7, 11) is 1.54. The molecule has 2 aromatic rings. The number of anilines is 1. The number of rotatable bonds is 5. The van der Waals surface area contributed by atoms with Gasteiger partial charge in [-0.2, -0.15) is 0 Å². The van der Waals surface area contributed by atoms with Crippen molar-refractivity contribution in [3.8, 4) is 5.75 Å². The summed E-state index contributed by atoms with van der Waals surface area (Å²) in [5.41, 5.74) is 1.61. The van der Waals surface area contributed by atoms with Crippen LogP contribution in [0, 0.1) is 17.0 Å². The first-order chi connectivity index (χ1) is 10.5. The normalized spacial score (nSPS) is 10.1. The number of carbonyl (C=O) groups is 1. The van der Waals surface area contributed by atoms with Crippen molar-refractivity contribution in [1.82, 2.24) is 0 Å². The van der Waals surface area contributed by atoms with Crippen LogP contribution in [0.2, 0.25) is 0 Å². The highest BCUT2D eigenvalue weighted by Crippen LogP contribution is 2.25. The van der Waals surface area contributed by atoms with Crippen molar-refractivity contribution in [2.75, 3.05) is 12.4 Å². The van der Waals surface area contributed by atoms with E-state index in [1.807, 2.05) is 12.1 Å². The highest BCUT2D eigenvalue weighted by atomic mass is 16.6. The van der Waals surface area contributed by atoms with Gasteiger partial charge in [0.05, 0.1) is 29.7 Å². The van der Waals surface area contributed by atoms with Gasteiger partial charge in [-0.05, 0) is 19.1 Å². The van der Waals surface area contributed by atoms with Crippen molar-refractivity contribution in [1.29, 1.82) is 0 Å². The van der Waals surface area contributed by atoms with E-state index in [2.05, 4.69) is 5.32 Å². The number of nitro groups is 1. The summed E-state index contributed by atoms with van der Waals surface area (Å²) in [5, 5.41) is 13.6. The van der Waals surface area contributed by atoms with Crippen LogP contribution in [-0.2, 0) is 11.2 Å². The quantitative estimate of drug-likeness (QED) is 0.679. The molecular formula is C16H16N2O4. The molecule has 0 fully saturated rings. The van der Waals surface area contributed by atoms with E-state index in [4.69, 9.17) is 4.74 Å². The second kappa shape index (κ2) is 6.71. The van der Waals surface area contributed by atoms with E-state index in [0.717, 1.165) is 5.56 Å². The summed E-state index contributed by atoms with van der Waals surface area (Å²) in [6.07, 6.45) is 0.131. The SMILES string of the molecule is COc1ccccc1CC(=O)Nc1cccc([N+](=O)[O-])c1C. The van der Waals surface area contributed by atoms with E-state index >= 15 is 0 Å². The lowest BCUT2D eigenvalue weighted by molar-refractivity contribution is -0.385. The summed E-state index contributed by atoms with van der Waals surface area (Å²) in [6, 6.07) is 11.8. The predicted molar refractivity (Wildman–Crippen MR) is 83.2 cm³/mol. The molecule has 0 aliphatic heterocycles. The zero-order valence-corrected chi connectivity index (χ0v) is 12.3. The number of ether oxygens (including phenoxy) is 1. The van der Waals surface area contributed by atoms with Crippen LogP contribution < -0.4 is 10.1 Å². The molecule has 0 atom stereocenters. The fraction of sp³-hybridized carbons (Fsp3) is 0.188. The average molecular weight is 300 g/mol. The van der Waals surface area contributed by atoms with Gasteiger partial charge in [0, 0.05) is 11.6 Å². The van der Waals surface area contributed by atoms with Gasteiger partial charge in [0.15, 0.2) is 0 Å². The van der Waals surface area contributed by atoms with Crippen LogP contribution in [-0.4, -0.2) is 17.9 Å². The predicted octanol–water partition coefficient (Wildman–Crippen LogP) is 3.09. The Bertz CT molecular complexity index is 713. The van der Waals surface area contributed by atoms with Gasteiger partial charge in [-0.3, -0.25) is 14.9 Å². The molecule has 0 aliphatic rings. The average Bonchev–Trinajstić information content (AvgIpc) is 2.49. The minimum absolute atomic E-state index is 0.0184. The van der Waals surface area contributed by atoms with E-state index < -0.39 is 4.92 Å². The number of hydrogen-bond acceptors (Lipinski definition) is 4. The molecule has 0 saturated carbocycles. The zero-order valence-electron chi connectivity index (χ0n) is 12.3. The van der Waals surface area contributed by atoms with Crippen molar-refractivity contribution in [2.45, 2.75) is 13.3 Å². The Morgan fingerprint density at radius 2 is 1.95 bits per heavy atom. The fourth-order valence-corrected chi connectivity index (χ4v) is 2.17. The minimum atomic E-state index is -0.467. The van der Waals surface area contributed by atoms with E-state index in [1.54, 1.807) is 38.3 Å². The Labute approximate surface area is 127 Å². The van der Waals surface area contributed by atoms with Crippen LogP contribution >= 0.6 is 0 Å². The summed E-state index contributed by atoms with van der Waals surface area (Å²) in [5.74, 6) is 0.376. The number of carbonyl (C=O) groups excluding carboxylic acids is 1. The van der Waals surface area contributed by atoms with Crippen LogP contribution in [0.4, 0.5) is 11.4 Å². The van der Waals surface area contributed by atoms with Gasteiger partial charge in [0.25, 0.3) is 5.69 Å². The van der Waals surface area contributed by atoms with E-state index in [1.165, 1.54) is 6.07 Å². The first-order valence-corrected chi connectivity index (χ1v) is 6.68. The van der Waals surface area contributed by atoms with Gasteiger partial charge >= 0.3 is 0 Å². The number of methoxy groups -OCH3 is 1. The maximum Gasteiger partial charge on any atom is 0.274 e. The molecule has 6 heteroatoms. The second-order valence-corrected chi connectivity index (χ2v) is 4.74. The van der Waals surface area contributed by atoms with Crippen LogP contribution in [0.3, 0.4) is 0 Å². The van der Waals surface area contributed by atoms with Gasteiger partial charge in [0.2, 0.25) is 5.91 Å². The molecular weight excluding hydrogens is 284 g/mol. The maximum atomic E-state index is 12.1. The smallest absolute Gasteiger partial charge is 0.274 e. The molecule has 1 amide bonds. The fourth-order valence-electron chi connectivity index (χ4n) is 2.17. The van der Waals surface area contributed by atoms with Gasteiger partial charge in [-0.1, -0.05) is 24.3 Å². The molecule has 6 nitrogen and oxygen atoms in total. The number of benzene rings is 2. The molecule has 114 valence electrons. The zero-order chi connectivity index (χ0) is 16.1. The number of nitrogens with zero attached hydrogens (tertiary/aromatic N) is 1. The molecule has 1 N–H and O–H groups in total. The Morgan fingerprint density at radius 3 is 2.64 bits per heavy atom. The number of nitrogens with one attached hydrogen (secondary N) is 1. The van der Waals surface area contributed by atoms with Crippen molar-refractivity contribution < 1.29 is 14.5 Å². The van der Waals surface area contributed by atoms with Gasteiger partial charge < -0.3 is 10.1 Å². The lowest BCUT2D eigenvalue weighted by atomic mass is 10.1. The minimum Gasteiger partial charge on any atom is -0.496 e. The third-order valence-corrected chi connectivity index (χ3v) is 3.32. The molecule has 2 aromatic carbocycles. The van der Waals surface area contributed by atoms with Gasteiger partial charge in [-0.15, -0.1) is 0 Å². The van der Waals surface area contributed by atoms with Gasteiger partial charge in [-0.25, -0.2) is 0 Å². The summed E-state index contributed by atoms with van der Waals surface area (Å²) >= 11 is 0. The third-order valence-electron chi connectivity index (χ3n) is 3.32. The van der Waals surface area contributed by atoms with E-state index in [9.17, 15) is 14.9 Å². The molecule has 0 aliphatic carbocycles. The number of para-hydroxylation sites is 1. The maximum absolute atomic E-state index is 12.1. The van der Waals surface area contributed by atoms with Crippen LogP contribution in [0.5, 0.6) is 5.75 Å². The van der Waals surface area contributed by atoms with Crippen molar-refractivity contribution >= 4 is 17.3 Å². The molecule has 0 radical (unpaired) electrons. The molecule has 0 bridgehead atoms. The second-order valence-electron chi connectivity index (χ2n) is 4.74. The lowest BCUT2D eigenvalue weighted by Crippen LogP contribution is -2.16. The van der Waals surface area contributed by atoms with E-state index in [0.29, 0.717) is 17.0 Å². The first kappa shape index (κ1) is 15.5. The molecule has 0 saturated heterocycles. The molecule has 0 spiro atoms. The van der Waals surface area contributed by atoms with Crippen LogP contribution in [0.15, 0.2) is 42.5 Å². The number of hydrogen-bond donors (Lipinski definition) is 1. The van der Waals surface area contributed by atoms with Gasteiger partial charge in [0.1, 0.15) is 5.75 Å². The molecule has 0 heterocycles. The molecule has 0 aromatic heterocycles. The number of amides is 1. The van der Waals surface area contributed by atoms with E-state index in [-0.39, 0.29) is 18.0 Å². The van der Waals surface area contributed by atoms with Crippen molar-refractivity contribution in [2.24, 2.45) is 0 Å². The standard InChI is InChI=1S/C16H16N2O4/c1-11-13(7-5-8-14(11)18(20)21)17-16(19)10-12-6-3-4-9-15(12)22-2/h3-9H,10H2,1-2H3,(H,17,19). The van der Waals surface area contributed by atoms with Crippen LogP contribution in [0.1, 0.15) is 11.1 Å². The molecule has 2 rings (SSSR count). The number of nitro benzene ring substituents is 1. The summed E-state index contributed by atoms with van der Waals surface area (Å²) in [4.78, 5) is 22.6. The summed E-state index contributed by atoms with van der Waals surface area (Å²) < 4.78 is 5.20. The largest absolute Gasteiger partial charge is 0.496 e. The van der Waals surface area contributed by atoms with Crippen molar-refractivity contribution in [3.05, 3.63) is 63.7 Å².